The SMILES string of the molecule is CC(C)(C)c1cc(NC(=O)n2ccc3cc(Oc4[nH+]cnc5c4CSC5)ccc32)no1. The van der Waals surface area contributed by atoms with E-state index in [4.69, 9.17) is 9.26 Å². The highest BCUT2D eigenvalue weighted by molar-refractivity contribution is 7.98. The Morgan fingerprint density at radius 1 is 1.26 bits per heavy atom. The smallest absolute Gasteiger partial charge is 0.331 e. The molecule has 158 valence electrons. The van der Waals surface area contributed by atoms with Crippen LogP contribution in [-0.2, 0) is 16.9 Å². The molecule has 1 aliphatic rings. The van der Waals surface area contributed by atoms with Gasteiger partial charge >= 0.3 is 6.03 Å². The van der Waals surface area contributed by atoms with Crippen LogP contribution in [0.15, 0.2) is 47.4 Å². The normalized spacial score (nSPS) is 13.4. The van der Waals surface area contributed by atoms with Crippen LogP contribution in [0.3, 0.4) is 0 Å². The molecule has 0 spiro atoms. The number of ether oxygens (including phenoxy) is 1. The molecule has 31 heavy (non-hydrogen) atoms. The second-order valence-electron chi connectivity index (χ2n) is 8.41. The monoisotopic (exact) mass is 436 g/mol. The minimum atomic E-state index is -0.310. The van der Waals surface area contributed by atoms with Gasteiger partial charge in [-0.05, 0) is 24.3 Å². The van der Waals surface area contributed by atoms with E-state index in [1.807, 2.05) is 56.8 Å². The zero-order chi connectivity index (χ0) is 21.6. The van der Waals surface area contributed by atoms with Crippen molar-refractivity contribution >= 4 is 34.5 Å². The van der Waals surface area contributed by atoms with Gasteiger partial charge in [-0.2, -0.15) is 0 Å². The number of aromatic nitrogens is 4. The van der Waals surface area contributed by atoms with Crippen molar-refractivity contribution in [2.45, 2.75) is 37.7 Å². The molecule has 1 aliphatic heterocycles. The Kier molecular flexibility index (Phi) is 4.70. The van der Waals surface area contributed by atoms with Gasteiger partial charge in [-0.3, -0.25) is 9.88 Å². The van der Waals surface area contributed by atoms with E-state index >= 15 is 0 Å². The fourth-order valence-electron chi connectivity index (χ4n) is 3.42. The van der Waals surface area contributed by atoms with Gasteiger partial charge in [0.2, 0.25) is 0 Å². The Labute approximate surface area is 183 Å². The number of rotatable bonds is 3. The number of fused-ring (bicyclic) bond motifs is 2. The maximum Gasteiger partial charge on any atom is 0.331 e. The topological polar surface area (TPSA) is 96.3 Å². The van der Waals surface area contributed by atoms with E-state index in [0.717, 1.165) is 33.7 Å². The summed E-state index contributed by atoms with van der Waals surface area (Å²) in [6.07, 6.45) is 3.38. The van der Waals surface area contributed by atoms with Crippen molar-refractivity contribution in [3.05, 3.63) is 59.9 Å². The number of thioether (sulfide) groups is 1. The fraction of sp³-hybridized carbons (Fsp3) is 0.273. The number of carbonyl (C=O) groups excluding carboxylic acids is 1. The molecule has 4 aromatic rings. The largest absolute Gasteiger partial charge is 0.423 e. The molecular formula is C22H22N5O3S+. The first-order chi connectivity index (χ1) is 14.9. The van der Waals surface area contributed by atoms with Crippen molar-refractivity contribution in [3.8, 4) is 11.6 Å². The third-order valence-corrected chi connectivity index (χ3v) is 6.08. The van der Waals surface area contributed by atoms with Crippen LogP contribution in [0.4, 0.5) is 10.6 Å². The third-order valence-electron chi connectivity index (χ3n) is 5.11. The number of amides is 1. The predicted molar refractivity (Wildman–Crippen MR) is 117 cm³/mol. The molecule has 0 saturated heterocycles. The van der Waals surface area contributed by atoms with E-state index in [-0.39, 0.29) is 11.4 Å². The Hall–Kier alpha value is -3.33. The van der Waals surface area contributed by atoms with Crippen LogP contribution in [0.5, 0.6) is 11.6 Å². The molecule has 2 N–H and O–H groups in total. The van der Waals surface area contributed by atoms with Crippen LogP contribution in [0.2, 0.25) is 0 Å². The van der Waals surface area contributed by atoms with Crippen molar-refractivity contribution in [2.24, 2.45) is 0 Å². The van der Waals surface area contributed by atoms with Crippen LogP contribution >= 0.6 is 11.8 Å². The first-order valence-electron chi connectivity index (χ1n) is 9.92. The molecule has 0 atom stereocenters. The second-order valence-corrected chi connectivity index (χ2v) is 9.40. The minimum Gasteiger partial charge on any atom is -0.423 e. The van der Waals surface area contributed by atoms with E-state index < -0.39 is 0 Å². The lowest BCUT2D eigenvalue weighted by molar-refractivity contribution is -0.396. The summed E-state index contributed by atoms with van der Waals surface area (Å²) in [5.74, 6) is 4.29. The molecule has 0 aliphatic carbocycles. The number of nitrogens with one attached hydrogen (secondary N) is 2. The molecule has 4 heterocycles. The van der Waals surface area contributed by atoms with Gasteiger partial charge in [0, 0.05) is 28.8 Å². The van der Waals surface area contributed by atoms with E-state index in [1.54, 1.807) is 18.6 Å². The van der Waals surface area contributed by atoms with Gasteiger partial charge in [-0.15, -0.1) is 11.8 Å². The summed E-state index contributed by atoms with van der Waals surface area (Å²) in [5, 5.41) is 7.63. The summed E-state index contributed by atoms with van der Waals surface area (Å²) in [7, 11) is 0. The lowest BCUT2D eigenvalue weighted by Gasteiger charge is -2.12. The molecular weight excluding hydrogens is 414 g/mol. The molecule has 0 bridgehead atoms. The van der Waals surface area contributed by atoms with Crippen LogP contribution in [0.1, 0.15) is 37.8 Å². The summed E-state index contributed by atoms with van der Waals surface area (Å²) in [6.45, 7) is 6.07. The summed E-state index contributed by atoms with van der Waals surface area (Å²) in [5.41, 5.74) is 2.75. The lowest BCUT2D eigenvalue weighted by atomic mass is 9.93. The molecule has 0 saturated carbocycles. The van der Waals surface area contributed by atoms with E-state index in [9.17, 15) is 4.79 Å². The van der Waals surface area contributed by atoms with Crippen molar-refractivity contribution in [3.63, 3.8) is 0 Å². The molecule has 8 nitrogen and oxygen atoms in total. The standard InChI is InChI=1S/C22H21N5O3S/c1-22(2,3)18-9-19(26-30-18)25-21(28)27-7-6-13-8-14(4-5-17(13)27)29-20-15-10-31-11-16(15)23-12-24-20/h4-9,12H,10-11H2,1-3H3,(H,25,26,28)/p+1. The molecule has 0 radical (unpaired) electrons. The van der Waals surface area contributed by atoms with Gasteiger partial charge in [0.25, 0.3) is 12.2 Å². The number of hydrogen-bond acceptors (Lipinski definition) is 6. The van der Waals surface area contributed by atoms with Gasteiger partial charge in [0.15, 0.2) is 11.5 Å². The van der Waals surface area contributed by atoms with Crippen molar-refractivity contribution in [1.29, 1.82) is 0 Å². The van der Waals surface area contributed by atoms with Crippen LogP contribution in [0.25, 0.3) is 10.9 Å². The number of benzene rings is 1. The van der Waals surface area contributed by atoms with Gasteiger partial charge in [0.05, 0.1) is 16.8 Å². The second kappa shape index (κ2) is 7.42. The minimum absolute atomic E-state index is 0.183. The number of carbonyl (C=O) groups is 1. The highest BCUT2D eigenvalue weighted by Crippen LogP contribution is 2.34. The predicted octanol–water partition coefficient (Wildman–Crippen LogP) is 4.76. The van der Waals surface area contributed by atoms with E-state index in [1.165, 1.54) is 4.57 Å². The Bertz CT molecular complexity index is 1290. The first kappa shape index (κ1) is 19.6. The number of hydrogen-bond donors (Lipinski definition) is 1. The zero-order valence-corrected chi connectivity index (χ0v) is 18.2. The summed E-state index contributed by atoms with van der Waals surface area (Å²) in [6, 6.07) is 8.94. The summed E-state index contributed by atoms with van der Waals surface area (Å²) < 4.78 is 13.0. The number of nitrogens with zero attached hydrogens (tertiary/aromatic N) is 3. The number of anilines is 1. The van der Waals surface area contributed by atoms with Crippen LogP contribution < -0.4 is 15.0 Å². The van der Waals surface area contributed by atoms with Gasteiger partial charge < -0.3 is 9.26 Å². The molecule has 5 rings (SSSR count). The maximum absolute atomic E-state index is 12.8. The van der Waals surface area contributed by atoms with E-state index in [2.05, 4.69) is 20.4 Å². The first-order valence-corrected chi connectivity index (χ1v) is 11.1. The number of aromatic amines is 1. The lowest BCUT2D eigenvalue weighted by Crippen LogP contribution is -2.18. The molecule has 0 fully saturated rings. The molecule has 9 heteroatoms. The molecule has 0 unspecified atom stereocenters. The maximum atomic E-state index is 12.8. The van der Waals surface area contributed by atoms with Gasteiger partial charge in [-0.25, -0.2) is 9.78 Å². The third kappa shape index (κ3) is 3.76. The van der Waals surface area contributed by atoms with Gasteiger partial charge in [-0.1, -0.05) is 30.9 Å². The average molecular weight is 437 g/mol. The van der Waals surface area contributed by atoms with Gasteiger partial charge in [0.1, 0.15) is 11.5 Å². The Morgan fingerprint density at radius 3 is 2.94 bits per heavy atom. The van der Waals surface area contributed by atoms with E-state index in [0.29, 0.717) is 23.2 Å². The Balaban J connectivity index is 1.36. The fourth-order valence-corrected chi connectivity index (χ4v) is 4.46. The van der Waals surface area contributed by atoms with Crippen molar-refractivity contribution in [1.82, 2.24) is 14.7 Å². The Morgan fingerprint density at radius 2 is 2.13 bits per heavy atom. The van der Waals surface area contributed by atoms with Crippen LogP contribution in [0, 0.1) is 0 Å². The highest BCUT2D eigenvalue weighted by atomic mass is 32.2. The quantitative estimate of drug-likeness (QED) is 0.498. The average Bonchev–Trinajstić information content (AvgIpc) is 3.46. The summed E-state index contributed by atoms with van der Waals surface area (Å²) >= 11 is 1.82. The highest BCUT2D eigenvalue weighted by Gasteiger charge is 2.25. The molecule has 1 aromatic carbocycles. The van der Waals surface area contributed by atoms with Crippen LogP contribution in [-0.4, -0.2) is 20.7 Å². The molecule has 1 amide bonds. The zero-order valence-electron chi connectivity index (χ0n) is 17.4. The number of H-pyrrole nitrogens is 1. The van der Waals surface area contributed by atoms with Crippen molar-refractivity contribution < 1.29 is 19.0 Å². The van der Waals surface area contributed by atoms with Crippen molar-refractivity contribution in [2.75, 3.05) is 5.32 Å². The molecule has 3 aromatic heterocycles. The summed E-state index contributed by atoms with van der Waals surface area (Å²) in [4.78, 5) is 20.2.